The van der Waals surface area contributed by atoms with Crippen LogP contribution in [0.1, 0.15) is 17.0 Å². The van der Waals surface area contributed by atoms with Crippen molar-refractivity contribution in [3.05, 3.63) is 47.3 Å². The number of hydrogen-bond donors (Lipinski definition) is 1. The lowest BCUT2D eigenvalue weighted by atomic mass is 10.2. The van der Waals surface area contributed by atoms with Crippen LogP contribution in [0.2, 0.25) is 0 Å². The summed E-state index contributed by atoms with van der Waals surface area (Å²) in [5.74, 6) is 1.51. The Morgan fingerprint density at radius 3 is 2.68 bits per heavy atom. The zero-order valence-corrected chi connectivity index (χ0v) is 14.9. The van der Waals surface area contributed by atoms with Gasteiger partial charge in [0.1, 0.15) is 18.1 Å². The van der Waals surface area contributed by atoms with Crippen molar-refractivity contribution in [2.75, 3.05) is 33.9 Å². The molecule has 2 rings (SSSR count). The van der Waals surface area contributed by atoms with Gasteiger partial charge in [-0.2, -0.15) is 0 Å². The predicted octanol–water partition coefficient (Wildman–Crippen LogP) is 1.76. The van der Waals surface area contributed by atoms with E-state index in [9.17, 15) is 4.79 Å². The number of carbonyl (C=O) groups excluding carboxylic acids is 1. The SMILES string of the molecule is COCCOc1ccc(CNC(=O)CN(C)Cc2cc(C)on2)cc1. The molecule has 1 amide bonds. The molecule has 136 valence electrons. The molecule has 0 bridgehead atoms. The topological polar surface area (TPSA) is 76.8 Å². The fourth-order valence-corrected chi connectivity index (χ4v) is 2.27. The van der Waals surface area contributed by atoms with E-state index in [0.717, 1.165) is 22.8 Å². The van der Waals surface area contributed by atoms with Crippen molar-refractivity contribution in [2.45, 2.75) is 20.0 Å². The minimum absolute atomic E-state index is 0.0388. The molecule has 7 nitrogen and oxygen atoms in total. The zero-order valence-electron chi connectivity index (χ0n) is 14.9. The number of benzene rings is 1. The van der Waals surface area contributed by atoms with Gasteiger partial charge in [0.05, 0.1) is 18.8 Å². The number of aromatic nitrogens is 1. The molecule has 0 saturated heterocycles. The summed E-state index contributed by atoms with van der Waals surface area (Å²) in [5, 5.41) is 6.83. The Balaban J connectivity index is 1.70. The van der Waals surface area contributed by atoms with Gasteiger partial charge in [0.25, 0.3) is 0 Å². The molecule has 0 unspecified atom stereocenters. The first kappa shape index (κ1) is 19.0. The molecule has 2 aromatic rings. The lowest BCUT2D eigenvalue weighted by molar-refractivity contribution is -0.122. The summed E-state index contributed by atoms with van der Waals surface area (Å²) in [4.78, 5) is 13.9. The van der Waals surface area contributed by atoms with E-state index in [2.05, 4.69) is 10.5 Å². The first-order valence-corrected chi connectivity index (χ1v) is 8.15. The van der Waals surface area contributed by atoms with E-state index in [1.807, 2.05) is 49.2 Å². The normalized spacial score (nSPS) is 10.9. The highest BCUT2D eigenvalue weighted by molar-refractivity contribution is 5.77. The van der Waals surface area contributed by atoms with Crippen LogP contribution in [-0.4, -0.2) is 49.9 Å². The molecular weight excluding hydrogens is 322 g/mol. The maximum absolute atomic E-state index is 12.0. The van der Waals surface area contributed by atoms with Crippen LogP contribution in [-0.2, 0) is 22.6 Å². The molecule has 0 atom stereocenters. The third-order valence-corrected chi connectivity index (χ3v) is 3.49. The van der Waals surface area contributed by atoms with E-state index in [0.29, 0.717) is 32.8 Å². The smallest absolute Gasteiger partial charge is 0.234 e. The fraction of sp³-hybridized carbons (Fsp3) is 0.444. The van der Waals surface area contributed by atoms with Crippen molar-refractivity contribution in [1.29, 1.82) is 0 Å². The Morgan fingerprint density at radius 1 is 1.28 bits per heavy atom. The number of amides is 1. The van der Waals surface area contributed by atoms with Crippen LogP contribution in [0.4, 0.5) is 0 Å². The highest BCUT2D eigenvalue weighted by atomic mass is 16.5. The lowest BCUT2D eigenvalue weighted by Crippen LogP contribution is -2.34. The molecule has 0 fully saturated rings. The van der Waals surface area contributed by atoms with Crippen LogP contribution in [0, 0.1) is 6.92 Å². The number of nitrogens with zero attached hydrogens (tertiary/aromatic N) is 2. The van der Waals surface area contributed by atoms with Gasteiger partial charge < -0.3 is 19.3 Å². The van der Waals surface area contributed by atoms with Gasteiger partial charge in [-0.1, -0.05) is 17.3 Å². The number of aryl methyl sites for hydroxylation is 1. The Bertz CT molecular complexity index is 655. The average Bonchev–Trinajstić information content (AvgIpc) is 2.99. The molecule has 1 aromatic carbocycles. The fourth-order valence-electron chi connectivity index (χ4n) is 2.27. The van der Waals surface area contributed by atoms with Crippen molar-refractivity contribution < 1.29 is 18.8 Å². The quantitative estimate of drug-likeness (QED) is 0.660. The van der Waals surface area contributed by atoms with E-state index in [4.69, 9.17) is 14.0 Å². The number of carbonyl (C=O) groups is 1. The van der Waals surface area contributed by atoms with Gasteiger partial charge in [-0.3, -0.25) is 9.69 Å². The van der Waals surface area contributed by atoms with Crippen molar-refractivity contribution in [2.24, 2.45) is 0 Å². The number of methoxy groups -OCH3 is 1. The summed E-state index contributed by atoms with van der Waals surface area (Å²) in [6.45, 7) is 4.26. The van der Waals surface area contributed by atoms with E-state index >= 15 is 0 Å². The Morgan fingerprint density at radius 2 is 2.04 bits per heavy atom. The van der Waals surface area contributed by atoms with Gasteiger partial charge in [0, 0.05) is 26.3 Å². The third-order valence-electron chi connectivity index (χ3n) is 3.49. The van der Waals surface area contributed by atoms with Gasteiger partial charge in [-0.15, -0.1) is 0 Å². The summed E-state index contributed by atoms with van der Waals surface area (Å²) in [6, 6.07) is 9.51. The van der Waals surface area contributed by atoms with Crippen molar-refractivity contribution in [3.63, 3.8) is 0 Å². The number of hydrogen-bond acceptors (Lipinski definition) is 6. The summed E-state index contributed by atoms with van der Waals surface area (Å²) in [7, 11) is 3.51. The number of likely N-dealkylation sites (N-methyl/N-ethyl adjacent to an activating group) is 1. The molecule has 1 aromatic heterocycles. The maximum Gasteiger partial charge on any atom is 0.234 e. The highest BCUT2D eigenvalue weighted by Crippen LogP contribution is 2.12. The minimum atomic E-state index is -0.0388. The molecule has 0 aliphatic heterocycles. The second-order valence-electron chi connectivity index (χ2n) is 5.86. The summed E-state index contributed by atoms with van der Waals surface area (Å²) in [6.07, 6.45) is 0. The van der Waals surface area contributed by atoms with Gasteiger partial charge in [0.2, 0.25) is 5.91 Å². The third kappa shape index (κ3) is 6.94. The van der Waals surface area contributed by atoms with E-state index in [1.54, 1.807) is 7.11 Å². The number of ether oxygens (including phenoxy) is 2. The Labute approximate surface area is 147 Å². The first-order chi connectivity index (χ1) is 12.1. The van der Waals surface area contributed by atoms with Gasteiger partial charge in [0.15, 0.2) is 0 Å². The Kier molecular flexibility index (Phi) is 7.43. The number of nitrogens with one attached hydrogen (secondary N) is 1. The molecule has 0 spiro atoms. The van der Waals surface area contributed by atoms with Gasteiger partial charge in [-0.25, -0.2) is 0 Å². The van der Waals surface area contributed by atoms with Crippen LogP contribution in [0.15, 0.2) is 34.9 Å². The van der Waals surface area contributed by atoms with Gasteiger partial charge in [-0.05, 0) is 31.7 Å². The van der Waals surface area contributed by atoms with Crippen LogP contribution < -0.4 is 10.1 Å². The Hall–Kier alpha value is -2.38. The van der Waals surface area contributed by atoms with Crippen molar-refractivity contribution in [3.8, 4) is 5.75 Å². The standard InChI is InChI=1S/C18H25N3O4/c1-14-10-16(20-25-14)12-21(2)13-18(22)19-11-15-4-6-17(7-5-15)24-9-8-23-3/h4-7,10H,8-9,11-13H2,1-3H3,(H,19,22). The first-order valence-electron chi connectivity index (χ1n) is 8.15. The molecule has 1 N–H and O–H groups in total. The second-order valence-corrected chi connectivity index (χ2v) is 5.86. The molecule has 25 heavy (non-hydrogen) atoms. The average molecular weight is 347 g/mol. The zero-order chi connectivity index (χ0) is 18.1. The molecule has 1 heterocycles. The molecule has 0 radical (unpaired) electrons. The minimum Gasteiger partial charge on any atom is -0.491 e. The van der Waals surface area contributed by atoms with Crippen LogP contribution in [0.25, 0.3) is 0 Å². The van der Waals surface area contributed by atoms with Gasteiger partial charge >= 0.3 is 0 Å². The van der Waals surface area contributed by atoms with Crippen molar-refractivity contribution >= 4 is 5.91 Å². The summed E-state index contributed by atoms with van der Waals surface area (Å²) < 4.78 is 15.5. The van der Waals surface area contributed by atoms with E-state index in [1.165, 1.54) is 0 Å². The lowest BCUT2D eigenvalue weighted by Gasteiger charge is -2.14. The van der Waals surface area contributed by atoms with Crippen LogP contribution in [0.3, 0.4) is 0 Å². The molecule has 7 heteroatoms. The number of rotatable bonds is 10. The summed E-state index contributed by atoms with van der Waals surface area (Å²) >= 11 is 0. The van der Waals surface area contributed by atoms with E-state index < -0.39 is 0 Å². The second kappa shape index (κ2) is 9.80. The molecule has 0 saturated carbocycles. The summed E-state index contributed by atoms with van der Waals surface area (Å²) in [5.41, 5.74) is 1.83. The van der Waals surface area contributed by atoms with Crippen LogP contribution in [0.5, 0.6) is 5.75 Å². The predicted molar refractivity (Wildman–Crippen MR) is 93.2 cm³/mol. The molecule has 0 aliphatic carbocycles. The van der Waals surface area contributed by atoms with Crippen molar-refractivity contribution in [1.82, 2.24) is 15.4 Å². The monoisotopic (exact) mass is 347 g/mol. The maximum atomic E-state index is 12.0. The highest BCUT2D eigenvalue weighted by Gasteiger charge is 2.09. The molecular formula is C18H25N3O4. The largest absolute Gasteiger partial charge is 0.491 e. The van der Waals surface area contributed by atoms with Crippen LogP contribution >= 0.6 is 0 Å². The molecule has 0 aliphatic rings. The van der Waals surface area contributed by atoms with E-state index in [-0.39, 0.29) is 5.91 Å².